The fraction of sp³-hybridized carbons (Fsp3) is 0.143. The van der Waals surface area contributed by atoms with Crippen LogP contribution in [-0.2, 0) is 6.42 Å². The monoisotopic (exact) mass is 328 g/mol. The maximum atomic E-state index is 13.8. The molecule has 0 bridgehead atoms. The number of halogens is 3. The van der Waals surface area contributed by atoms with E-state index in [0.717, 1.165) is 5.56 Å². The Morgan fingerprint density at radius 3 is 2.61 bits per heavy atom. The van der Waals surface area contributed by atoms with Crippen LogP contribution in [0.3, 0.4) is 0 Å². The Labute approximate surface area is 118 Å². The second-order valence-electron chi connectivity index (χ2n) is 3.95. The van der Waals surface area contributed by atoms with Gasteiger partial charge in [-0.2, -0.15) is 0 Å². The van der Waals surface area contributed by atoms with Crippen LogP contribution >= 0.6 is 27.5 Å². The van der Waals surface area contributed by atoms with Crippen molar-refractivity contribution in [3.8, 4) is 0 Å². The van der Waals surface area contributed by atoms with Crippen LogP contribution in [0.1, 0.15) is 17.2 Å². The lowest BCUT2D eigenvalue weighted by molar-refractivity contribution is 0.173. The molecule has 2 rings (SSSR count). The molecular weight excluding hydrogens is 319 g/mol. The summed E-state index contributed by atoms with van der Waals surface area (Å²) in [6.45, 7) is 0. The van der Waals surface area contributed by atoms with Crippen LogP contribution in [0.25, 0.3) is 0 Å². The summed E-state index contributed by atoms with van der Waals surface area (Å²) in [5, 5.41) is 10.7. The molecule has 0 radical (unpaired) electrons. The van der Waals surface area contributed by atoms with E-state index in [1.54, 1.807) is 24.3 Å². The Morgan fingerprint density at radius 2 is 1.89 bits per heavy atom. The van der Waals surface area contributed by atoms with Crippen LogP contribution < -0.4 is 0 Å². The summed E-state index contributed by atoms with van der Waals surface area (Å²) in [5.41, 5.74) is 1.07. The van der Waals surface area contributed by atoms with E-state index in [1.165, 1.54) is 0 Å². The molecule has 1 nitrogen and oxygen atoms in total. The van der Waals surface area contributed by atoms with Crippen molar-refractivity contribution in [1.29, 1.82) is 0 Å². The van der Waals surface area contributed by atoms with E-state index in [2.05, 4.69) is 15.9 Å². The van der Waals surface area contributed by atoms with E-state index >= 15 is 0 Å². The lowest BCUT2D eigenvalue weighted by Crippen LogP contribution is -2.05. The fourth-order valence-electron chi connectivity index (χ4n) is 1.76. The summed E-state index contributed by atoms with van der Waals surface area (Å²) in [4.78, 5) is 0. The standard InChI is InChI=1S/C14H11BrClFO/c15-11-6-3-5-10(14(11)17)13(18)8-9-4-1-2-7-12(9)16/h1-7,13,18H,8H2. The third-order valence-corrected chi connectivity index (χ3v) is 3.69. The molecule has 0 fully saturated rings. The fourth-order valence-corrected chi connectivity index (χ4v) is 2.35. The molecule has 2 aromatic carbocycles. The molecule has 18 heavy (non-hydrogen) atoms. The molecule has 0 aromatic heterocycles. The second-order valence-corrected chi connectivity index (χ2v) is 5.22. The van der Waals surface area contributed by atoms with Crippen molar-refractivity contribution in [3.05, 3.63) is 68.9 Å². The zero-order valence-corrected chi connectivity index (χ0v) is 11.7. The number of benzene rings is 2. The lowest BCUT2D eigenvalue weighted by Gasteiger charge is -2.13. The maximum absolute atomic E-state index is 13.8. The predicted octanol–water partition coefficient (Wildman–Crippen LogP) is 4.52. The minimum Gasteiger partial charge on any atom is -0.388 e. The molecule has 0 spiro atoms. The van der Waals surface area contributed by atoms with Gasteiger partial charge in [-0.15, -0.1) is 0 Å². The molecule has 0 aliphatic carbocycles. The molecular formula is C14H11BrClFO. The Bertz CT molecular complexity index is 559. The SMILES string of the molecule is OC(Cc1ccccc1Cl)c1cccc(Br)c1F. The first-order chi connectivity index (χ1) is 8.59. The van der Waals surface area contributed by atoms with Gasteiger partial charge in [0, 0.05) is 17.0 Å². The van der Waals surface area contributed by atoms with E-state index < -0.39 is 11.9 Å². The molecule has 1 atom stereocenters. The van der Waals surface area contributed by atoms with Gasteiger partial charge in [0.15, 0.2) is 0 Å². The van der Waals surface area contributed by atoms with E-state index in [9.17, 15) is 9.50 Å². The first kappa shape index (κ1) is 13.5. The van der Waals surface area contributed by atoms with Gasteiger partial charge in [-0.1, -0.05) is 41.9 Å². The molecule has 1 unspecified atom stereocenters. The van der Waals surface area contributed by atoms with E-state index in [0.29, 0.717) is 9.50 Å². The van der Waals surface area contributed by atoms with E-state index in [1.807, 2.05) is 18.2 Å². The van der Waals surface area contributed by atoms with Crippen molar-refractivity contribution in [2.75, 3.05) is 0 Å². The zero-order valence-electron chi connectivity index (χ0n) is 9.41. The van der Waals surface area contributed by atoms with E-state index in [4.69, 9.17) is 11.6 Å². The maximum Gasteiger partial charge on any atom is 0.143 e. The van der Waals surface area contributed by atoms with Crippen LogP contribution in [0.4, 0.5) is 4.39 Å². The van der Waals surface area contributed by atoms with Gasteiger partial charge in [-0.05, 0) is 33.6 Å². The third kappa shape index (κ3) is 2.91. The zero-order chi connectivity index (χ0) is 13.1. The second kappa shape index (κ2) is 5.83. The summed E-state index contributed by atoms with van der Waals surface area (Å²) < 4.78 is 14.2. The summed E-state index contributed by atoms with van der Waals surface area (Å²) in [6.07, 6.45) is -0.630. The highest BCUT2D eigenvalue weighted by Gasteiger charge is 2.16. The first-order valence-corrected chi connectivity index (χ1v) is 6.62. The minimum atomic E-state index is -0.914. The molecule has 0 saturated carbocycles. The highest BCUT2D eigenvalue weighted by molar-refractivity contribution is 9.10. The van der Waals surface area contributed by atoms with Crippen molar-refractivity contribution in [2.24, 2.45) is 0 Å². The molecule has 0 aliphatic rings. The van der Waals surface area contributed by atoms with Crippen LogP contribution in [0.5, 0.6) is 0 Å². The quantitative estimate of drug-likeness (QED) is 0.878. The van der Waals surface area contributed by atoms with Gasteiger partial charge in [0.05, 0.1) is 10.6 Å². The molecule has 0 saturated heterocycles. The third-order valence-electron chi connectivity index (χ3n) is 2.71. The Morgan fingerprint density at radius 1 is 1.17 bits per heavy atom. The van der Waals surface area contributed by atoms with Gasteiger partial charge >= 0.3 is 0 Å². The van der Waals surface area contributed by atoms with Crippen molar-refractivity contribution < 1.29 is 9.50 Å². The van der Waals surface area contributed by atoms with Crippen molar-refractivity contribution in [2.45, 2.75) is 12.5 Å². The lowest BCUT2D eigenvalue weighted by atomic mass is 10.0. The number of rotatable bonds is 3. The Balaban J connectivity index is 2.25. The average molecular weight is 330 g/mol. The number of aliphatic hydroxyl groups excluding tert-OH is 1. The minimum absolute atomic E-state index is 0.268. The molecule has 2 aromatic rings. The molecule has 0 amide bonds. The van der Waals surface area contributed by atoms with Crippen LogP contribution in [0.15, 0.2) is 46.9 Å². The van der Waals surface area contributed by atoms with Crippen LogP contribution in [0, 0.1) is 5.82 Å². The van der Waals surface area contributed by atoms with Crippen molar-refractivity contribution in [3.63, 3.8) is 0 Å². The number of aliphatic hydroxyl groups is 1. The highest BCUT2D eigenvalue weighted by Crippen LogP contribution is 2.27. The normalized spacial score (nSPS) is 12.4. The summed E-state index contributed by atoms with van der Waals surface area (Å²) in [6, 6.07) is 12.1. The van der Waals surface area contributed by atoms with Gasteiger partial charge in [-0.25, -0.2) is 4.39 Å². The van der Waals surface area contributed by atoms with Gasteiger partial charge in [0.1, 0.15) is 5.82 Å². The number of hydrogen-bond acceptors (Lipinski definition) is 1. The molecule has 0 aliphatic heterocycles. The smallest absolute Gasteiger partial charge is 0.143 e. The van der Waals surface area contributed by atoms with E-state index in [-0.39, 0.29) is 12.0 Å². The highest BCUT2D eigenvalue weighted by atomic mass is 79.9. The molecule has 94 valence electrons. The summed E-state index contributed by atoms with van der Waals surface area (Å²) in [5.74, 6) is -0.433. The van der Waals surface area contributed by atoms with Crippen molar-refractivity contribution >= 4 is 27.5 Å². The molecule has 4 heteroatoms. The molecule has 1 N–H and O–H groups in total. The van der Waals surface area contributed by atoms with Gasteiger partial charge in [0.2, 0.25) is 0 Å². The van der Waals surface area contributed by atoms with Crippen LogP contribution in [-0.4, -0.2) is 5.11 Å². The van der Waals surface area contributed by atoms with Gasteiger partial charge < -0.3 is 5.11 Å². The first-order valence-electron chi connectivity index (χ1n) is 5.45. The summed E-state index contributed by atoms with van der Waals surface area (Å²) >= 11 is 9.11. The number of hydrogen-bond donors (Lipinski definition) is 1. The van der Waals surface area contributed by atoms with Gasteiger partial charge in [-0.3, -0.25) is 0 Å². The molecule has 0 heterocycles. The van der Waals surface area contributed by atoms with Crippen molar-refractivity contribution in [1.82, 2.24) is 0 Å². The largest absolute Gasteiger partial charge is 0.388 e. The Hall–Kier alpha value is -0.900. The topological polar surface area (TPSA) is 20.2 Å². The predicted molar refractivity (Wildman–Crippen MR) is 74.2 cm³/mol. The Kier molecular flexibility index (Phi) is 4.38. The average Bonchev–Trinajstić information content (AvgIpc) is 2.35. The van der Waals surface area contributed by atoms with Gasteiger partial charge in [0.25, 0.3) is 0 Å². The summed E-state index contributed by atoms with van der Waals surface area (Å²) in [7, 11) is 0. The van der Waals surface area contributed by atoms with Crippen LogP contribution in [0.2, 0.25) is 5.02 Å².